The van der Waals surface area contributed by atoms with Crippen LogP contribution in [0.3, 0.4) is 0 Å². The minimum absolute atomic E-state index is 0.109. The highest BCUT2D eigenvalue weighted by Gasteiger charge is 2.08. The van der Waals surface area contributed by atoms with Gasteiger partial charge in [0.2, 0.25) is 0 Å². The minimum Gasteiger partial charge on any atom is -0.300 e. The van der Waals surface area contributed by atoms with Crippen LogP contribution in [-0.4, -0.2) is 4.57 Å². The number of hydrogen-bond acceptors (Lipinski definition) is 5. The number of rotatable bonds is 2. The topological polar surface area (TPSA) is 69.6 Å². The van der Waals surface area contributed by atoms with Crippen molar-refractivity contribution in [2.75, 3.05) is 0 Å². The van der Waals surface area contributed by atoms with Crippen molar-refractivity contribution in [2.45, 2.75) is 0 Å². The molecular weight excluding hydrogens is 357 g/mol. The Morgan fingerprint density at radius 3 is 2.68 bits per heavy atom. The summed E-state index contributed by atoms with van der Waals surface area (Å²) in [5.41, 5.74) is 0.733. The first-order valence-corrected chi connectivity index (χ1v) is 8.80. The molecule has 0 aliphatic rings. The molecule has 0 aliphatic heterocycles. The van der Waals surface area contributed by atoms with Crippen molar-refractivity contribution >= 4 is 34.3 Å². The van der Waals surface area contributed by atoms with Gasteiger partial charge in [0.1, 0.15) is 22.6 Å². The molecule has 1 aromatic carbocycles. The van der Waals surface area contributed by atoms with Crippen LogP contribution in [0.25, 0.3) is 22.1 Å². The molecule has 0 radical (unpaired) electrons. The number of halogens is 1. The number of nitriles is 2. The fourth-order valence-corrected chi connectivity index (χ4v) is 4.09. The van der Waals surface area contributed by atoms with Crippen LogP contribution >= 0.6 is 22.7 Å². The maximum atomic E-state index is 14.1. The van der Waals surface area contributed by atoms with Gasteiger partial charge < -0.3 is 4.57 Å². The Morgan fingerprint density at radius 1 is 1.28 bits per heavy atom. The van der Waals surface area contributed by atoms with E-state index in [-0.39, 0.29) is 16.9 Å². The molecule has 0 saturated carbocycles. The molecule has 0 unspecified atom stereocenters. The molecule has 0 spiro atoms. The molecule has 0 N–H and O–H groups in total. The van der Waals surface area contributed by atoms with Gasteiger partial charge in [0.15, 0.2) is 5.57 Å². The predicted octanol–water partition coefficient (Wildman–Crippen LogP) is 2.34. The van der Waals surface area contributed by atoms with Crippen LogP contribution in [0, 0.1) is 28.5 Å². The maximum Gasteiger partial charge on any atom is 0.268 e. The summed E-state index contributed by atoms with van der Waals surface area (Å²) >= 11 is 2.50. The van der Waals surface area contributed by atoms with Gasteiger partial charge in [0.05, 0.1) is 4.53 Å². The Labute approximate surface area is 150 Å². The number of aromatic nitrogens is 1. The molecule has 0 saturated heterocycles. The van der Waals surface area contributed by atoms with Crippen LogP contribution in [0.2, 0.25) is 0 Å². The first kappa shape index (κ1) is 16.8. The molecular formula is C18H10FN3OS2. The highest BCUT2D eigenvalue weighted by atomic mass is 32.1. The first-order valence-electron chi connectivity index (χ1n) is 7.10. The Hall–Kier alpha value is -3.00. The molecule has 0 fully saturated rings. The average molecular weight is 367 g/mol. The SMILES string of the molecule is Cn1c(=C(C#N)C#N)sc(=Cc2ccc(F)c(-c3cccs3)c2)c1=O. The molecule has 2 aromatic heterocycles. The first-order chi connectivity index (χ1) is 12.0. The number of benzene rings is 1. The lowest BCUT2D eigenvalue weighted by molar-refractivity contribution is 0.631. The van der Waals surface area contributed by atoms with Crippen molar-refractivity contribution < 1.29 is 4.39 Å². The molecule has 0 amide bonds. The van der Waals surface area contributed by atoms with Crippen molar-refractivity contribution in [1.29, 1.82) is 10.5 Å². The van der Waals surface area contributed by atoms with Gasteiger partial charge >= 0.3 is 0 Å². The predicted molar refractivity (Wildman–Crippen MR) is 96.7 cm³/mol. The summed E-state index contributed by atoms with van der Waals surface area (Å²) in [5, 5.41) is 19.9. The zero-order valence-electron chi connectivity index (χ0n) is 13.0. The van der Waals surface area contributed by atoms with Crippen molar-refractivity contribution in [3.8, 4) is 22.6 Å². The third-order valence-electron chi connectivity index (χ3n) is 3.54. The van der Waals surface area contributed by atoms with Crippen molar-refractivity contribution in [1.82, 2.24) is 4.57 Å². The fraction of sp³-hybridized carbons (Fsp3) is 0.0556. The average Bonchev–Trinajstić information content (AvgIpc) is 3.23. The lowest BCUT2D eigenvalue weighted by atomic mass is 10.1. The Bertz CT molecular complexity index is 1190. The lowest BCUT2D eigenvalue weighted by Crippen LogP contribution is -2.29. The summed E-state index contributed by atoms with van der Waals surface area (Å²) in [7, 11) is 1.52. The van der Waals surface area contributed by atoms with Gasteiger partial charge in [-0.15, -0.1) is 22.7 Å². The van der Waals surface area contributed by atoms with E-state index >= 15 is 0 Å². The highest BCUT2D eigenvalue weighted by molar-refractivity contribution is 7.13. The fourth-order valence-electron chi connectivity index (χ4n) is 2.31. The summed E-state index contributed by atoms with van der Waals surface area (Å²) in [4.78, 5) is 13.2. The van der Waals surface area contributed by atoms with Gasteiger partial charge in [-0.05, 0) is 35.2 Å². The zero-order valence-corrected chi connectivity index (χ0v) is 14.6. The van der Waals surface area contributed by atoms with Crippen molar-refractivity contribution in [3.05, 3.63) is 66.6 Å². The van der Waals surface area contributed by atoms with Crippen molar-refractivity contribution in [3.63, 3.8) is 0 Å². The molecule has 0 atom stereocenters. The maximum absolute atomic E-state index is 14.1. The third kappa shape index (κ3) is 3.16. The highest BCUT2D eigenvalue weighted by Crippen LogP contribution is 2.28. The largest absolute Gasteiger partial charge is 0.300 e. The standard InChI is InChI=1S/C18H10FN3OS2/c1-22-17(23)16(25-18(22)12(9-20)10-21)8-11-4-5-14(19)13(7-11)15-3-2-6-24-15/h2-8H,1H3. The van der Waals surface area contributed by atoms with Gasteiger partial charge in [0.25, 0.3) is 5.56 Å². The number of nitrogens with zero attached hydrogens (tertiary/aromatic N) is 3. The van der Waals surface area contributed by atoms with Crippen molar-refractivity contribution in [2.24, 2.45) is 7.05 Å². The van der Waals surface area contributed by atoms with Gasteiger partial charge in [0, 0.05) is 17.5 Å². The molecule has 0 aliphatic carbocycles. The quantitative estimate of drug-likeness (QED) is 0.698. The van der Waals surface area contributed by atoms with Crippen LogP contribution < -0.4 is 14.8 Å². The number of thiazole rings is 1. The molecule has 3 rings (SSSR count). The Kier molecular flexibility index (Phi) is 4.62. The van der Waals surface area contributed by atoms with Crippen LogP contribution in [0.1, 0.15) is 5.56 Å². The summed E-state index contributed by atoms with van der Waals surface area (Å²) in [6.07, 6.45) is 1.64. The second kappa shape index (κ2) is 6.86. The van der Waals surface area contributed by atoms with E-state index in [1.165, 1.54) is 29.0 Å². The van der Waals surface area contributed by atoms with Gasteiger partial charge in [-0.2, -0.15) is 10.5 Å². The minimum atomic E-state index is -0.330. The molecule has 4 nitrogen and oxygen atoms in total. The second-order valence-corrected chi connectivity index (χ2v) is 7.07. The van der Waals surface area contributed by atoms with Gasteiger partial charge in [-0.1, -0.05) is 12.1 Å². The Balaban J connectivity index is 2.22. The Morgan fingerprint density at radius 2 is 2.04 bits per heavy atom. The molecule has 2 heterocycles. The normalized spacial score (nSPS) is 11.1. The second-order valence-electron chi connectivity index (χ2n) is 5.10. The van der Waals surface area contributed by atoms with Crippen LogP contribution in [-0.2, 0) is 7.05 Å². The monoisotopic (exact) mass is 367 g/mol. The van der Waals surface area contributed by atoms with E-state index in [2.05, 4.69) is 0 Å². The van der Waals surface area contributed by atoms with E-state index in [0.717, 1.165) is 16.2 Å². The summed E-state index contributed by atoms with van der Waals surface area (Å²) in [6, 6.07) is 11.9. The molecule has 122 valence electrons. The van der Waals surface area contributed by atoms with E-state index in [0.29, 0.717) is 20.3 Å². The summed E-state index contributed by atoms with van der Waals surface area (Å²) < 4.78 is 16.0. The van der Waals surface area contributed by atoms with E-state index in [1.54, 1.807) is 30.3 Å². The van der Waals surface area contributed by atoms with Crippen LogP contribution in [0.15, 0.2) is 40.5 Å². The van der Waals surface area contributed by atoms with E-state index in [4.69, 9.17) is 10.5 Å². The summed E-state index contributed by atoms with van der Waals surface area (Å²) in [6.45, 7) is 0. The van der Waals surface area contributed by atoms with Gasteiger partial charge in [-0.25, -0.2) is 4.39 Å². The number of hydrogen-bond donors (Lipinski definition) is 0. The molecule has 0 bridgehead atoms. The smallest absolute Gasteiger partial charge is 0.268 e. The van der Waals surface area contributed by atoms with E-state index in [9.17, 15) is 9.18 Å². The molecule has 7 heteroatoms. The number of thiophene rings is 1. The third-order valence-corrected chi connectivity index (χ3v) is 5.63. The lowest BCUT2D eigenvalue weighted by Gasteiger charge is -2.01. The van der Waals surface area contributed by atoms with Crippen LogP contribution in [0.5, 0.6) is 0 Å². The summed E-state index contributed by atoms with van der Waals surface area (Å²) in [5.74, 6) is -0.330. The van der Waals surface area contributed by atoms with Crippen LogP contribution in [0.4, 0.5) is 4.39 Å². The van der Waals surface area contributed by atoms with E-state index in [1.807, 2.05) is 17.5 Å². The van der Waals surface area contributed by atoms with E-state index < -0.39 is 0 Å². The zero-order chi connectivity index (χ0) is 18.0. The molecule has 3 aromatic rings. The molecule has 25 heavy (non-hydrogen) atoms. The van der Waals surface area contributed by atoms with Gasteiger partial charge in [-0.3, -0.25) is 4.79 Å².